The normalized spacial score (nSPS) is 17.1. The molecule has 30 heavy (non-hydrogen) atoms. The highest BCUT2D eigenvalue weighted by Crippen LogP contribution is 2.29. The maximum atomic E-state index is 12.7. The zero-order chi connectivity index (χ0) is 21.1. The van der Waals surface area contributed by atoms with Gasteiger partial charge in [0, 0.05) is 22.8 Å². The van der Waals surface area contributed by atoms with Crippen LogP contribution in [0.4, 0.5) is 5.69 Å². The fourth-order valence-electron chi connectivity index (χ4n) is 3.67. The van der Waals surface area contributed by atoms with Gasteiger partial charge < -0.3 is 9.84 Å². The summed E-state index contributed by atoms with van der Waals surface area (Å²) in [6.07, 6.45) is 1.81. The Morgan fingerprint density at radius 2 is 2.13 bits per heavy atom. The van der Waals surface area contributed by atoms with Gasteiger partial charge in [-0.05, 0) is 62.2 Å². The van der Waals surface area contributed by atoms with Crippen LogP contribution in [0.25, 0.3) is 11.4 Å². The second-order valence-corrected chi connectivity index (χ2v) is 8.41. The summed E-state index contributed by atoms with van der Waals surface area (Å²) in [5, 5.41) is 8.10. The Morgan fingerprint density at radius 1 is 1.27 bits per heavy atom. The molecule has 0 saturated carbocycles. The van der Waals surface area contributed by atoms with Crippen molar-refractivity contribution in [2.75, 3.05) is 18.4 Å². The minimum atomic E-state index is -0.0765. The van der Waals surface area contributed by atoms with Gasteiger partial charge in [-0.15, -0.1) is 0 Å². The lowest BCUT2D eigenvalue weighted by Crippen LogP contribution is -2.40. The van der Waals surface area contributed by atoms with E-state index in [2.05, 4.69) is 20.4 Å². The molecule has 1 saturated heterocycles. The quantitative estimate of drug-likeness (QED) is 0.585. The monoisotopic (exact) mass is 444 g/mol. The number of halogens is 2. The molecular weight excluding hydrogens is 423 g/mol. The highest BCUT2D eigenvalue weighted by molar-refractivity contribution is 6.36. The van der Waals surface area contributed by atoms with Gasteiger partial charge >= 0.3 is 0 Å². The van der Waals surface area contributed by atoms with E-state index in [1.54, 1.807) is 18.2 Å². The zero-order valence-corrected chi connectivity index (χ0v) is 18.1. The molecule has 0 bridgehead atoms. The van der Waals surface area contributed by atoms with Gasteiger partial charge in [0.15, 0.2) is 0 Å². The SMILES string of the molecule is Cc1cccc(NC(=O)C2CCCN(Cc3nc(-c4ccc(Cl)cc4Cl)no3)C2)c1. The van der Waals surface area contributed by atoms with Crippen molar-refractivity contribution in [2.45, 2.75) is 26.3 Å². The predicted molar refractivity (Wildman–Crippen MR) is 118 cm³/mol. The summed E-state index contributed by atoms with van der Waals surface area (Å²) in [5.74, 6) is 0.894. The molecule has 0 radical (unpaired) electrons. The van der Waals surface area contributed by atoms with Gasteiger partial charge in [-0.25, -0.2) is 0 Å². The van der Waals surface area contributed by atoms with Crippen LogP contribution in [-0.2, 0) is 11.3 Å². The average Bonchev–Trinajstić information content (AvgIpc) is 3.16. The molecule has 1 aliphatic rings. The third-order valence-corrected chi connectivity index (χ3v) is 5.71. The number of benzene rings is 2. The molecule has 1 aliphatic heterocycles. The van der Waals surface area contributed by atoms with Crippen LogP contribution < -0.4 is 5.32 Å². The molecule has 1 aromatic heterocycles. The van der Waals surface area contributed by atoms with Gasteiger partial charge in [-0.3, -0.25) is 9.69 Å². The molecule has 1 amide bonds. The number of nitrogens with one attached hydrogen (secondary N) is 1. The summed E-state index contributed by atoms with van der Waals surface area (Å²) in [7, 11) is 0. The van der Waals surface area contributed by atoms with Crippen LogP contribution in [0.3, 0.4) is 0 Å². The highest BCUT2D eigenvalue weighted by Gasteiger charge is 2.27. The number of anilines is 1. The number of carbonyl (C=O) groups excluding carboxylic acids is 1. The van der Waals surface area contributed by atoms with Crippen molar-refractivity contribution < 1.29 is 9.32 Å². The van der Waals surface area contributed by atoms with Crippen molar-refractivity contribution in [1.29, 1.82) is 0 Å². The molecule has 1 N–H and O–H groups in total. The Hall–Kier alpha value is -2.41. The van der Waals surface area contributed by atoms with Crippen LogP contribution in [0.5, 0.6) is 0 Å². The third kappa shape index (κ3) is 5.01. The molecule has 0 aliphatic carbocycles. The number of nitrogens with zero attached hydrogens (tertiary/aromatic N) is 3. The summed E-state index contributed by atoms with van der Waals surface area (Å²) in [6, 6.07) is 13.0. The van der Waals surface area contributed by atoms with Gasteiger partial charge in [-0.1, -0.05) is 40.5 Å². The number of aromatic nitrogens is 2. The van der Waals surface area contributed by atoms with Crippen LogP contribution in [0, 0.1) is 12.8 Å². The molecule has 6 nitrogen and oxygen atoms in total. The lowest BCUT2D eigenvalue weighted by Gasteiger charge is -2.30. The minimum absolute atomic E-state index is 0.0458. The maximum Gasteiger partial charge on any atom is 0.241 e. The molecule has 1 unspecified atom stereocenters. The standard InChI is InChI=1S/C22H22Cl2N4O2/c1-14-4-2-6-17(10-14)25-22(29)15-5-3-9-28(12-15)13-20-26-21(27-30-20)18-8-7-16(23)11-19(18)24/h2,4,6-8,10-11,15H,3,5,9,12-13H2,1H3,(H,25,29). The first-order valence-corrected chi connectivity index (χ1v) is 10.6. The molecule has 156 valence electrons. The summed E-state index contributed by atoms with van der Waals surface area (Å²) in [6.45, 7) is 4.03. The van der Waals surface area contributed by atoms with Crippen LogP contribution >= 0.6 is 23.2 Å². The van der Waals surface area contributed by atoms with Crippen molar-refractivity contribution in [2.24, 2.45) is 5.92 Å². The number of carbonyl (C=O) groups is 1. The van der Waals surface area contributed by atoms with Crippen molar-refractivity contribution >= 4 is 34.8 Å². The summed E-state index contributed by atoms with van der Waals surface area (Å²) >= 11 is 12.2. The van der Waals surface area contributed by atoms with Crippen LogP contribution in [0.15, 0.2) is 47.0 Å². The van der Waals surface area contributed by atoms with Gasteiger partial charge in [-0.2, -0.15) is 4.98 Å². The molecule has 3 aromatic rings. The molecule has 2 aromatic carbocycles. The molecule has 0 spiro atoms. The number of piperidine rings is 1. The van der Waals surface area contributed by atoms with Crippen molar-refractivity contribution in [1.82, 2.24) is 15.0 Å². The van der Waals surface area contributed by atoms with E-state index in [-0.39, 0.29) is 11.8 Å². The zero-order valence-electron chi connectivity index (χ0n) is 16.6. The number of hydrogen-bond acceptors (Lipinski definition) is 5. The molecule has 1 atom stereocenters. The van der Waals surface area contributed by atoms with E-state index in [9.17, 15) is 4.79 Å². The number of amides is 1. The Morgan fingerprint density at radius 3 is 2.93 bits per heavy atom. The first-order chi connectivity index (χ1) is 14.5. The average molecular weight is 445 g/mol. The second-order valence-electron chi connectivity index (χ2n) is 7.57. The predicted octanol–water partition coefficient (Wildman–Crippen LogP) is 5.20. The fourth-order valence-corrected chi connectivity index (χ4v) is 4.16. The summed E-state index contributed by atoms with van der Waals surface area (Å²) in [4.78, 5) is 19.4. The number of hydrogen-bond donors (Lipinski definition) is 1. The topological polar surface area (TPSA) is 71.3 Å². The minimum Gasteiger partial charge on any atom is -0.338 e. The molecule has 2 heterocycles. The van der Waals surface area contributed by atoms with Crippen LogP contribution in [0.2, 0.25) is 10.0 Å². The Bertz CT molecular complexity index is 1050. The fraction of sp³-hybridized carbons (Fsp3) is 0.318. The maximum absolute atomic E-state index is 12.7. The number of aryl methyl sites for hydroxylation is 1. The Balaban J connectivity index is 1.38. The lowest BCUT2D eigenvalue weighted by atomic mass is 9.97. The second kappa shape index (κ2) is 9.16. The molecular formula is C22H22Cl2N4O2. The van der Waals surface area contributed by atoms with E-state index in [0.717, 1.165) is 30.6 Å². The van der Waals surface area contributed by atoms with Gasteiger partial charge in [0.1, 0.15) is 0 Å². The van der Waals surface area contributed by atoms with Crippen LogP contribution in [0.1, 0.15) is 24.3 Å². The Kier molecular flexibility index (Phi) is 6.37. The Labute approximate surface area is 185 Å². The first kappa shape index (κ1) is 20.8. The van der Waals surface area contributed by atoms with E-state index in [0.29, 0.717) is 40.4 Å². The summed E-state index contributed by atoms with van der Waals surface area (Å²) < 4.78 is 5.42. The van der Waals surface area contributed by atoms with Gasteiger partial charge in [0.05, 0.1) is 17.5 Å². The van der Waals surface area contributed by atoms with E-state index >= 15 is 0 Å². The third-order valence-electron chi connectivity index (χ3n) is 5.16. The van der Waals surface area contributed by atoms with Crippen molar-refractivity contribution in [3.05, 3.63) is 64.0 Å². The van der Waals surface area contributed by atoms with E-state index in [1.807, 2.05) is 31.2 Å². The number of rotatable bonds is 5. The van der Waals surface area contributed by atoms with Crippen LogP contribution in [-0.4, -0.2) is 34.0 Å². The lowest BCUT2D eigenvalue weighted by molar-refractivity contribution is -0.121. The van der Waals surface area contributed by atoms with Crippen molar-refractivity contribution in [3.8, 4) is 11.4 Å². The van der Waals surface area contributed by atoms with E-state index in [1.165, 1.54) is 0 Å². The molecule has 8 heteroatoms. The number of likely N-dealkylation sites (tertiary alicyclic amines) is 1. The van der Waals surface area contributed by atoms with Crippen molar-refractivity contribution in [3.63, 3.8) is 0 Å². The highest BCUT2D eigenvalue weighted by atomic mass is 35.5. The van der Waals surface area contributed by atoms with Gasteiger partial charge in [0.25, 0.3) is 0 Å². The van der Waals surface area contributed by atoms with Gasteiger partial charge in [0.2, 0.25) is 17.6 Å². The smallest absolute Gasteiger partial charge is 0.241 e. The van der Waals surface area contributed by atoms with E-state index < -0.39 is 0 Å². The largest absolute Gasteiger partial charge is 0.338 e. The molecule has 4 rings (SSSR count). The van der Waals surface area contributed by atoms with E-state index in [4.69, 9.17) is 27.7 Å². The summed E-state index contributed by atoms with van der Waals surface area (Å²) in [5.41, 5.74) is 2.62. The molecule has 1 fully saturated rings. The first-order valence-electron chi connectivity index (χ1n) is 9.86.